The molecule has 0 radical (unpaired) electrons. The number of halogens is 2. The molecule has 0 aliphatic carbocycles. The summed E-state index contributed by atoms with van der Waals surface area (Å²) in [5.41, 5.74) is 1.15. The average Bonchev–Trinajstić information content (AvgIpc) is 3.07. The molecule has 0 saturated carbocycles. The zero-order valence-corrected chi connectivity index (χ0v) is 14.7. The molecule has 3 rings (SSSR count). The van der Waals surface area contributed by atoms with Gasteiger partial charge in [0, 0.05) is 21.8 Å². The predicted octanol–water partition coefficient (Wildman–Crippen LogP) is 4.83. The number of thiazole rings is 1. The van der Waals surface area contributed by atoms with E-state index in [0.717, 1.165) is 11.3 Å². The van der Waals surface area contributed by atoms with Gasteiger partial charge in [-0.15, -0.1) is 11.3 Å². The van der Waals surface area contributed by atoms with Gasteiger partial charge in [0.05, 0.1) is 0 Å². The lowest BCUT2D eigenvalue weighted by Crippen LogP contribution is -2.19. The minimum atomic E-state index is -0.493. The van der Waals surface area contributed by atoms with Crippen molar-refractivity contribution in [3.05, 3.63) is 70.4 Å². The highest BCUT2D eigenvalue weighted by Crippen LogP contribution is 2.18. The smallest absolute Gasteiger partial charge is 0.321 e. The van der Waals surface area contributed by atoms with Crippen molar-refractivity contribution >= 4 is 51.4 Å². The minimum Gasteiger partial charge on any atom is -0.321 e. The Balaban J connectivity index is 1.58. The second kappa shape index (κ2) is 7.94. The van der Waals surface area contributed by atoms with E-state index in [1.807, 2.05) is 0 Å². The molecule has 2 aromatic carbocycles. The first-order valence-corrected chi connectivity index (χ1v) is 8.61. The van der Waals surface area contributed by atoms with E-state index in [0.29, 0.717) is 16.4 Å². The Morgan fingerprint density at radius 2 is 1.54 bits per heavy atom. The van der Waals surface area contributed by atoms with E-state index in [1.54, 1.807) is 24.3 Å². The summed E-state index contributed by atoms with van der Waals surface area (Å²) in [7, 11) is 0. The summed E-state index contributed by atoms with van der Waals surface area (Å²) in [5, 5.41) is 10.1. The standard InChI is InChI=1S/C17H12ClFN4O2S/c18-10-1-5-13(6-2-10)21-16(25)23-17-22-14(9-26-17)15(24)20-12-7-3-11(19)4-8-12/h1-9H,(H,20,24)(H2,21,22,23,25). The van der Waals surface area contributed by atoms with Crippen molar-refractivity contribution in [1.82, 2.24) is 4.98 Å². The van der Waals surface area contributed by atoms with Crippen LogP contribution in [0.1, 0.15) is 10.5 Å². The molecule has 3 amide bonds. The van der Waals surface area contributed by atoms with Crippen molar-refractivity contribution in [2.24, 2.45) is 0 Å². The van der Waals surface area contributed by atoms with Gasteiger partial charge < -0.3 is 10.6 Å². The van der Waals surface area contributed by atoms with Crippen LogP contribution < -0.4 is 16.0 Å². The lowest BCUT2D eigenvalue weighted by atomic mass is 10.3. The van der Waals surface area contributed by atoms with Crippen LogP contribution in [0.5, 0.6) is 0 Å². The molecular formula is C17H12ClFN4O2S. The maximum Gasteiger partial charge on any atom is 0.325 e. The molecule has 0 fully saturated rings. The molecular weight excluding hydrogens is 379 g/mol. The van der Waals surface area contributed by atoms with Crippen LogP contribution in [-0.2, 0) is 0 Å². The van der Waals surface area contributed by atoms with Gasteiger partial charge >= 0.3 is 6.03 Å². The van der Waals surface area contributed by atoms with E-state index >= 15 is 0 Å². The zero-order valence-electron chi connectivity index (χ0n) is 13.1. The van der Waals surface area contributed by atoms with Gasteiger partial charge in [0.15, 0.2) is 5.13 Å². The number of anilines is 3. The van der Waals surface area contributed by atoms with Crippen LogP contribution in [-0.4, -0.2) is 16.9 Å². The van der Waals surface area contributed by atoms with Crippen LogP contribution in [0.2, 0.25) is 5.02 Å². The molecule has 0 saturated heterocycles. The van der Waals surface area contributed by atoms with Crippen molar-refractivity contribution in [2.45, 2.75) is 0 Å². The molecule has 3 N–H and O–H groups in total. The number of hydrogen-bond donors (Lipinski definition) is 3. The molecule has 0 unspecified atom stereocenters. The van der Waals surface area contributed by atoms with Crippen LogP contribution >= 0.6 is 22.9 Å². The second-order valence-corrected chi connectivity index (χ2v) is 6.38. The zero-order chi connectivity index (χ0) is 18.5. The van der Waals surface area contributed by atoms with Crippen molar-refractivity contribution in [3.63, 3.8) is 0 Å². The highest BCUT2D eigenvalue weighted by Gasteiger charge is 2.13. The van der Waals surface area contributed by atoms with Crippen molar-refractivity contribution in [1.29, 1.82) is 0 Å². The number of carbonyl (C=O) groups is 2. The van der Waals surface area contributed by atoms with Gasteiger partial charge in [0.2, 0.25) is 0 Å². The molecule has 3 aromatic rings. The Hall–Kier alpha value is -2.97. The Morgan fingerprint density at radius 1 is 0.923 bits per heavy atom. The fourth-order valence-corrected chi connectivity index (χ4v) is 2.77. The van der Waals surface area contributed by atoms with Crippen LogP contribution in [0.15, 0.2) is 53.9 Å². The minimum absolute atomic E-state index is 0.140. The first kappa shape index (κ1) is 17.8. The van der Waals surface area contributed by atoms with Gasteiger partial charge in [-0.25, -0.2) is 14.2 Å². The first-order valence-electron chi connectivity index (χ1n) is 7.35. The summed E-state index contributed by atoms with van der Waals surface area (Å²) >= 11 is 6.89. The lowest BCUT2D eigenvalue weighted by Gasteiger charge is -2.05. The maximum atomic E-state index is 12.9. The van der Waals surface area contributed by atoms with E-state index in [-0.39, 0.29) is 10.8 Å². The summed E-state index contributed by atoms with van der Waals surface area (Å²) in [6, 6.07) is 11.5. The number of amides is 3. The fraction of sp³-hybridized carbons (Fsp3) is 0. The molecule has 0 bridgehead atoms. The molecule has 9 heteroatoms. The van der Waals surface area contributed by atoms with E-state index in [4.69, 9.17) is 11.6 Å². The lowest BCUT2D eigenvalue weighted by molar-refractivity contribution is 0.102. The summed E-state index contributed by atoms with van der Waals surface area (Å²) in [5.74, 6) is -0.853. The predicted molar refractivity (Wildman–Crippen MR) is 101 cm³/mol. The summed E-state index contributed by atoms with van der Waals surface area (Å²) in [6.45, 7) is 0. The monoisotopic (exact) mass is 390 g/mol. The highest BCUT2D eigenvalue weighted by molar-refractivity contribution is 7.14. The number of urea groups is 1. The number of rotatable bonds is 4. The molecule has 132 valence electrons. The molecule has 0 aliphatic heterocycles. The molecule has 0 spiro atoms. The van der Waals surface area contributed by atoms with Gasteiger partial charge in [-0.2, -0.15) is 0 Å². The van der Waals surface area contributed by atoms with Gasteiger partial charge in [-0.05, 0) is 48.5 Å². The summed E-state index contributed by atoms with van der Waals surface area (Å²) in [6.07, 6.45) is 0. The number of nitrogens with one attached hydrogen (secondary N) is 3. The SMILES string of the molecule is O=C(Nc1ccc(Cl)cc1)Nc1nc(C(=O)Nc2ccc(F)cc2)cs1. The van der Waals surface area contributed by atoms with Crippen molar-refractivity contribution in [3.8, 4) is 0 Å². The molecule has 1 heterocycles. The van der Waals surface area contributed by atoms with Gasteiger partial charge in [0.1, 0.15) is 11.5 Å². The van der Waals surface area contributed by atoms with Crippen LogP contribution in [0, 0.1) is 5.82 Å². The number of aromatic nitrogens is 1. The molecule has 6 nitrogen and oxygen atoms in total. The van der Waals surface area contributed by atoms with Crippen LogP contribution in [0.25, 0.3) is 0 Å². The Morgan fingerprint density at radius 3 is 2.23 bits per heavy atom. The average molecular weight is 391 g/mol. The van der Waals surface area contributed by atoms with E-state index < -0.39 is 17.8 Å². The van der Waals surface area contributed by atoms with Gasteiger partial charge in [0.25, 0.3) is 5.91 Å². The van der Waals surface area contributed by atoms with Crippen LogP contribution in [0.4, 0.5) is 25.7 Å². The molecule has 26 heavy (non-hydrogen) atoms. The Labute approximate surface area is 157 Å². The van der Waals surface area contributed by atoms with Gasteiger partial charge in [-0.1, -0.05) is 11.6 Å². The Bertz CT molecular complexity index is 929. The van der Waals surface area contributed by atoms with Crippen molar-refractivity contribution < 1.29 is 14.0 Å². The Kier molecular flexibility index (Phi) is 5.45. The van der Waals surface area contributed by atoms with Crippen LogP contribution in [0.3, 0.4) is 0 Å². The normalized spacial score (nSPS) is 10.2. The molecule has 0 atom stereocenters. The summed E-state index contributed by atoms with van der Waals surface area (Å²) < 4.78 is 12.9. The molecule has 0 aliphatic rings. The number of benzene rings is 2. The van der Waals surface area contributed by atoms with E-state index in [9.17, 15) is 14.0 Å². The third-order valence-electron chi connectivity index (χ3n) is 3.16. The summed E-state index contributed by atoms with van der Waals surface area (Å²) in [4.78, 5) is 28.1. The van der Waals surface area contributed by atoms with Gasteiger partial charge in [-0.3, -0.25) is 10.1 Å². The topological polar surface area (TPSA) is 83.1 Å². The fourth-order valence-electron chi connectivity index (χ4n) is 1.96. The third-order valence-corrected chi connectivity index (χ3v) is 4.17. The second-order valence-electron chi connectivity index (χ2n) is 5.08. The van der Waals surface area contributed by atoms with E-state index in [2.05, 4.69) is 20.9 Å². The number of hydrogen-bond acceptors (Lipinski definition) is 4. The number of carbonyl (C=O) groups excluding carboxylic acids is 2. The number of nitrogens with zero attached hydrogens (tertiary/aromatic N) is 1. The molecule has 1 aromatic heterocycles. The third kappa shape index (κ3) is 4.78. The quantitative estimate of drug-likeness (QED) is 0.596. The van der Waals surface area contributed by atoms with E-state index in [1.165, 1.54) is 29.6 Å². The maximum absolute atomic E-state index is 12.9. The largest absolute Gasteiger partial charge is 0.325 e. The van der Waals surface area contributed by atoms with Crippen molar-refractivity contribution in [2.75, 3.05) is 16.0 Å². The first-order chi connectivity index (χ1) is 12.5. The highest BCUT2D eigenvalue weighted by atomic mass is 35.5.